The van der Waals surface area contributed by atoms with E-state index < -0.39 is 0 Å². The van der Waals surface area contributed by atoms with Gasteiger partial charge in [0.25, 0.3) is 0 Å². The number of piperazine rings is 1. The number of nitrogens with zero attached hydrogens (tertiary/aromatic N) is 3. The Kier molecular flexibility index (Phi) is 4.52. The first kappa shape index (κ1) is 15.9. The zero-order valence-electron chi connectivity index (χ0n) is 14.1. The summed E-state index contributed by atoms with van der Waals surface area (Å²) in [5.74, 6) is 1.79. The van der Waals surface area contributed by atoms with Crippen LogP contribution in [-0.4, -0.2) is 53.7 Å². The first-order valence-corrected chi connectivity index (χ1v) is 8.56. The van der Waals surface area contributed by atoms with E-state index in [1.165, 1.54) is 5.56 Å². The molecule has 4 rings (SSSR count). The number of benzene rings is 1. The monoisotopic (exact) mass is 339 g/mol. The number of rotatable bonds is 4. The molecule has 2 aromatic rings. The SMILES string of the molecule is O=C(Cc1ccccn1)N1CCN(Cc2ccc3c(c2)OCO3)CC1. The lowest BCUT2D eigenvalue weighted by atomic mass is 10.1. The Balaban J connectivity index is 1.29. The van der Waals surface area contributed by atoms with Crippen molar-refractivity contribution in [3.05, 3.63) is 53.9 Å². The van der Waals surface area contributed by atoms with Crippen LogP contribution in [0.1, 0.15) is 11.3 Å². The molecule has 6 heteroatoms. The molecule has 6 nitrogen and oxygen atoms in total. The lowest BCUT2D eigenvalue weighted by molar-refractivity contribution is -0.132. The molecule has 3 heterocycles. The van der Waals surface area contributed by atoms with Gasteiger partial charge in [-0.25, -0.2) is 0 Å². The van der Waals surface area contributed by atoms with E-state index >= 15 is 0 Å². The van der Waals surface area contributed by atoms with E-state index in [4.69, 9.17) is 9.47 Å². The van der Waals surface area contributed by atoms with Gasteiger partial charge in [-0.3, -0.25) is 14.7 Å². The zero-order chi connectivity index (χ0) is 17.1. The molecule has 2 aliphatic rings. The summed E-state index contributed by atoms with van der Waals surface area (Å²) in [5, 5.41) is 0. The average molecular weight is 339 g/mol. The van der Waals surface area contributed by atoms with Crippen molar-refractivity contribution in [2.75, 3.05) is 33.0 Å². The van der Waals surface area contributed by atoms with Crippen LogP contribution in [0, 0.1) is 0 Å². The van der Waals surface area contributed by atoms with Crippen molar-refractivity contribution >= 4 is 5.91 Å². The van der Waals surface area contributed by atoms with Gasteiger partial charge in [0.2, 0.25) is 12.7 Å². The van der Waals surface area contributed by atoms with E-state index in [-0.39, 0.29) is 5.91 Å². The second kappa shape index (κ2) is 7.11. The Morgan fingerprint density at radius 3 is 2.68 bits per heavy atom. The molecule has 0 radical (unpaired) electrons. The van der Waals surface area contributed by atoms with Gasteiger partial charge in [0.15, 0.2) is 11.5 Å². The van der Waals surface area contributed by atoms with Crippen LogP contribution in [-0.2, 0) is 17.8 Å². The van der Waals surface area contributed by atoms with Crippen LogP contribution >= 0.6 is 0 Å². The third-order valence-electron chi connectivity index (χ3n) is 4.63. The third kappa shape index (κ3) is 3.74. The van der Waals surface area contributed by atoms with Gasteiger partial charge in [0.1, 0.15) is 0 Å². The molecular weight excluding hydrogens is 318 g/mol. The molecule has 1 aromatic carbocycles. The number of fused-ring (bicyclic) bond motifs is 1. The summed E-state index contributed by atoms with van der Waals surface area (Å²) in [6.07, 6.45) is 2.11. The number of aromatic nitrogens is 1. The van der Waals surface area contributed by atoms with Crippen LogP contribution in [0.4, 0.5) is 0 Å². The van der Waals surface area contributed by atoms with Crippen LogP contribution in [0.2, 0.25) is 0 Å². The highest BCUT2D eigenvalue weighted by Crippen LogP contribution is 2.32. The predicted octanol–water partition coefficient (Wildman–Crippen LogP) is 1.70. The molecule has 0 aliphatic carbocycles. The molecule has 2 aliphatic heterocycles. The predicted molar refractivity (Wildman–Crippen MR) is 92.4 cm³/mol. The molecule has 0 spiro atoms. The van der Waals surface area contributed by atoms with E-state index in [0.29, 0.717) is 13.2 Å². The Bertz CT molecular complexity index is 743. The fourth-order valence-electron chi connectivity index (χ4n) is 3.22. The van der Waals surface area contributed by atoms with Crippen molar-refractivity contribution in [1.82, 2.24) is 14.8 Å². The van der Waals surface area contributed by atoms with Gasteiger partial charge in [-0.1, -0.05) is 12.1 Å². The minimum Gasteiger partial charge on any atom is -0.454 e. The molecule has 1 aromatic heterocycles. The van der Waals surface area contributed by atoms with E-state index in [1.807, 2.05) is 35.2 Å². The van der Waals surface area contributed by atoms with E-state index in [2.05, 4.69) is 16.0 Å². The molecule has 25 heavy (non-hydrogen) atoms. The number of hydrogen-bond acceptors (Lipinski definition) is 5. The number of pyridine rings is 1. The van der Waals surface area contributed by atoms with Crippen molar-refractivity contribution < 1.29 is 14.3 Å². The van der Waals surface area contributed by atoms with Crippen LogP contribution in [0.15, 0.2) is 42.6 Å². The van der Waals surface area contributed by atoms with Crippen molar-refractivity contribution in [2.45, 2.75) is 13.0 Å². The Labute approximate surface area is 147 Å². The molecule has 0 saturated carbocycles. The van der Waals surface area contributed by atoms with Crippen LogP contribution in [0.25, 0.3) is 0 Å². The molecule has 0 unspecified atom stereocenters. The molecule has 0 bridgehead atoms. The van der Waals surface area contributed by atoms with Crippen molar-refractivity contribution in [1.29, 1.82) is 0 Å². The van der Waals surface area contributed by atoms with Gasteiger partial charge < -0.3 is 14.4 Å². The van der Waals surface area contributed by atoms with E-state index in [1.54, 1.807) is 6.20 Å². The fraction of sp³-hybridized carbons (Fsp3) is 0.368. The van der Waals surface area contributed by atoms with Gasteiger partial charge in [-0.15, -0.1) is 0 Å². The van der Waals surface area contributed by atoms with Gasteiger partial charge >= 0.3 is 0 Å². The maximum absolute atomic E-state index is 12.4. The summed E-state index contributed by atoms with van der Waals surface area (Å²) in [7, 11) is 0. The molecule has 130 valence electrons. The number of amides is 1. The molecule has 0 atom stereocenters. The lowest BCUT2D eigenvalue weighted by Crippen LogP contribution is -2.48. The maximum Gasteiger partial charge on any atom is 0.231 e. The van der Waals surface area contributed by atoms with E-state index in [9.17, 15) is 4.79 Å². The average Bonchev–Trinajstić information content (AvgIpc) is 3.11. The minimum absolute atomic E-state index is 0.154. The fourth-order valence-corrected chi connectivity index (χ4v) is 3.22. The number of carbonyl (C=O) groups is 1. The van der Waals surface area contributed by atoms with Crippen molar-refractivity contribution in [3.8, 4) is 11.5 Å². The van der Waals surface area contributed by atoms with Gasteiger partial charge in [0.05, 0.1) is 6.42 Å². The molecule has 1 fully saturated rings. The second-order valence-electron chi connectivity index (χ2n) is 6.34. The summed E-state index contributed by atoms with van der Waals surface area (Å²) in [5.41, 5.74) is 2.04. The highest BCUT2D eigenvalue weighted by molar-refractivity contribution is 5.78. The topological polar surface area (TPSA) is 54.9 Å². The smallest absolute Gasteiger partial charge is 0.231 e. The van der Waals surface area contributed by atoms with Gasteiger partial charge in [-0.2, -0.15) is 0 Å². The van der Waals surface area contributed by atoms with E-state index in [0.717, 1.165) is 49.9 Å². The molecular formula is C19H21N3O3. The van der Waals surface area contributed by atoms with Crippen molar-refractivity contribution in [2.24, 2.45) is 0 Å². The highest BCUT2D eigenvalue weighted by Gasteiger charge is 2.22. The van der Waals surface area contributed by atoms with Crippen molar-refractivity contribution in [3.63, 3.8) is 0 Å². The number of ether oxygens (including phenoxy) is 2. The number of carbonyl (C=O) groups excluding carboxylic acids is 1. The number of hydrogen-bond donors (Lipinski definition) is 0. The van der Waals surface area contributed by atoms with Crippen LogP contribution in [0.3, 0.4) is 0 Å². The largest absolute Gasteiger partial charge is 0.454 e. The van der Waals surface area contributed by atoms with Crippen LogP contribution < -0.4 is 9.47 Å². The summed E-state index contributed by atoms with van der Waals surface area (Å²) in [6, 6.07) is 11.8. The van der Waals surface area contributed by atoms with Crippen LogP contribution in [0.5, 0.6) is 11.5 Å². The minimum atomic E-state index is 0.154. The summed E-state index contributed by atoms with van der Waals surface area (Å²) < 4.78 is 10.8. The standard InChI is InChI=1S/C19H21N3O3/c23-19(12-16-3-1-2-6-20-16)22-9-7-21(8-10-22)13-15-4-5-17-18(11-15)25-14-24-17/h1-6,11H,7-10,12-14H2. The third-order valence-corrected chi connectivity index (χ3v) is 4.63. The van der Waals surface area contributed by atoms with Gasteiger partial charge in [0, 0.05) is 44.6 Å². The highest BCUT2D eigenvalue weighted by atomic mass is 16.7. The quantitative estimate of drug-likeness (QED) is 0.849. The Hall–Kier alpha value is -2.60. The molecule has 1 saturated heterocycles. The summed E-state index contributed by atoms with van der Waals surface area (Å²) in [6.45, 7) is 4.44. The second-order valence-corrected chi connectivity index (χ2v) is 6.34. The molecule has 0 N–H and O–H groups in total. The summed E-state index contributed by atoms with van der Waals surface area (Å²) in [4.78, 5) is 20.9. The Morgan fingerprint density at radius 1 is 1.04 bits per heavy atom. The summed E-state index contributed by atoms with van der Waals surface area (Å²) >= 11 is 0. The zero-order valence-corrected chi connectivity index (χ0v) is 14.1. The normalized spacial score (nSPS) is 16.9. The lowest BCUT2D eigenvalue weighted by Gasteiger charge is -2.34. The molecule has 1 amide bonds. The first-order chi connectivity index (χ1) is 12.3. The Morgan fingerprint density at radius 2 is 1.88 bits per heavy atom. The first-order valence-electron chi connectivity index (χ1n) is 8.56. The maximum atomic E-state index is 12.4. The van der Waals surface area contributed by atoms with Gasteiger partial charge in [-0.05, 0) is 29.8 Å².